The van der Waals surface area contributed by atoms with E-state index in [9.17, 15) is 28.4 Å². The van der Waals surface area contributed by atoms with Gasteiger partial charge in [0.25, 0.3) is 23.6 Å². The van der Waals surface area contributed by atoms with Crippen LogP contribution in [0.5, 0.6) is 0 Å². The molecule has 594 valence electrons. The van der Waals surface area contributed by atoms with E-state index in [-0.39, 0.29) is 67.7 Å². The summed E-state index contributed by atoms with van der Waals surface area (Å²) in [5.74, 6) is -2.06. The Morgan fingerprint density at radius 2 is 0.973 bits per heavy atom. The molecule has 113 heavy (non-hydrogen) atoms. The van der Waals surface area contributed by atoms with E-state index in [4.69, 9.17) is 19.4 Å². The monoisotopic (exact) mass is 1540 g/mol. The van der Waals surface area contributed by atoms with Crippen molar-refractivity contribution in [2.45, 2.75) is 150 Å². The van der Waals surface area contributed by atoms with Crippen LogP contribution in [0.1, 0.15) is 158 Å². The van der Waals surface area contributed by atoms with E-state index in [0.717, 1.165) is 144 Å². The fourth-order valence-electron chi connectivity index (χ4n) is 14.8. The van der Waals surface area contributed by atoms with Crippen molar-refractivity contribution < 1.29 is 42.2 Å². The molecule has 7 N–H and O–H groups in total. The van der Waals surface area contributed by atoms with Crippen LogP contribution in [0.3, 0.4) is 0 Å². The number of rotatable bonds is 25. The predicted octanol–water partition coefficient (Wildman–Crippen LogP) is 12.4. The van der Waals surface area contributed by atoms with Gasteiger partial charge in [-0.1, -0.05) is 74.5 Å². The van der Waals surface area contributed by atoms with E-state index in [0.29, 0.717) is 115 Å². The summed E-state index contributed by atoms with van der Waals surface area (Å²) in [7, 11) is 4.33. The van der Waals surface area contributed by atoms with E-state index < -0.39 is 5.82 Å². The Morgan fingerprint density at radius 1 is 0.522 bits per heavy atom. The van der Waals surface area contributed by atoms with Crippen molar-refractivity contribution >= 4 is 63.4 Å². The molecule has 4 aliphatic rings. The number of anilines is 2. The summed E-state index contributed by atoms with van der Waals surface area (Å²) in [6.45, 7) is 25.0. The maximum atomic E-state index is 15.2. The first-order valence-electron chi connectivity index (χ1n) is 39.7. The molecule has 25 heteroatoms. The number of aromatic nitrogens is 6. The Morgan fingerprint density at radius 3 is 1.41 bits per heavy atom. The first kappa shape index (κ1) is 81.8. The van der Waals surface area contributed by atoms with Gasteiger partial charge in [-0.25, -0.2) is 28.1 Å². The highest BCUT2D eigenvalue weighted by Gasteiger charge is 2.27. The van der Waals surface area contributed by atoms with Gasteiger partial charge in [-0.3, -0.25) is 28.9 Å². The quantitative estimate of drug-likeness (QED) is 0.0262. The molecule has 4 amide bonds. The van der Waals surface area contributed by atoms with Gasteiger partial charge in [0.2, 0.25) is 0 Å². The number of ether oxygens (including phenoxy) is 2. The van der Waals surface area contributed by atoms with Gasteiger partial charge in [-0.15, -0.1) is 0 Å². The summed E-state index contributed by atoms with van der Waals surface area (Å²) >= 11 is 0. The average Bonchev–Trinajstić information content (AvgIpc) is 1.67. The zero-order valence-corrected chi connectivity index (χ0v) is 66.1. The van der Waals surface area contributed by atoms with Crippen LogP contribution in [-0.2, 0) is 68.1 Å². The number of aryl methyl sites for hydroxylation is 4. The zero-order chi connectivity index (χ0) is 79.5. The number of carbonyl (C=O) groups is 5. The van der Waals surface area contributed by atoms with Gasteiger partial charge in [0.1, 0.15) is 17.9 Å². The van der Waals surface area contributed by atoms with Crippen LogP contribution in [0.4, 0.5) is 20.2 Å². The highest BCUT2D eigenvalue weighted by atomic mass is 19.1. The van der Waals surface area contributed by atoms with Crippen molar-refractivity contribution in [3.63, 3.8) is 0 Å². The van der Waals surface area contributed by atoms with Crippen molar-refractivity contribution in [2.24, 2.45) is 0 Å². The number of amides is 4. The average molecular weight is 1540 g/mol. The first-order valence-corrected chi connectivity index (χ1v) is 39.7. The number of nitrogens with zero attached hydrogens (tertiary/aromatic N) is 9. The molecule has 0 spiro atoms. The van der Waals surface area contributed by atoms with Gasteiger partial charge in [-0.05, 0) is 181 Å². The van der Waals surface area contributed by atoms with E-state index in [2.05, 4.69) is 109 Å². The number of hydrogen-bond acceptors (Lipinski definition) is 17. The fourth-order valence-corrected chi connectivity index (χ4v) is 14.8. The Bertz CT molecular complexity index is 4970. The standard InChI is InChI=1S/C44H53FN8O3.C38H39FN6O4.C6H14N2/c1-5-40-37(41(49-35-15-19-56-20-16-35)38-26-48-53(6-2)42(38)50-40)25-47-44(55)34-12-8-11-33(23-34)43(54)46-24-30-13-14-39(45)36(22-30)32-10-7-9-31(21-32)28-52-18-17-51(4)29(3)27-52;1-3-34-31(35(43-29-13-15-49-16-14-29)32-22-42-45(4-2)36(32)44-34)21-41-38(48)28-10-6-9-27(19-28)37(47)40-20-24-11-12-33(39)30(18-24)26-8-5-7-25(17-26)23-46;1-6-5-7-3-4-8(6)2/h7-14,21-23,26,29,35H,5-6,15-20,24-25,27-28H2,1-4H3,(H,46,54)(H,47,55)(H,49,50);5-12,17-19,22-23,29H,3-4,13-16,20-21H2,1-2H3,(H,40,47)(H,41,48)(H,43,44);6-7H,3-5H2,1-2H3. The van der Waals surface area contributed by atoms with Crippen LogP contribution >= 0.6 is 0 Å². The predicted molar refractivity (Wildman–Crippen MR) is 439 cm³/mol. The minimum Gasteiger partial charge on any atom is -0.381 e. The maximum absolute atomic E-state index is 15.2. The number of piperazine rings is 2. The molecule has 0 bridgehead atoms. The normalized spacial score (nSPS) is 16.5. The van der Waals surface area contributed by atoms with Crippen molar-refractivity contribution in [1.82, 2.24) is 70.8 Å². The van der Waals surface area contributed by atoms with Gasteiger partial charge in [-0.2, -0.15) is 10.2 Å². The van der Waals surface area contributed by atoms with Crippen molar-refractivity contribution in [3.05, 3.63) is 225 Å². The molecule has 0 radical (unpaired) electrons. The van der Waals surface area contributed by atoms with E-state index in [1.54, 1.807) is 97.1 Å². The number of aldehydes is 1. The second-order valence-electron chi connectivity index (χ2n) is 29.6. The molecule has 4 aliphatic heterocycles. The third-order valence-electron chi connectivity index (χ3n) is 21.8. The molecule has 0 saturated carbocycles. The lowest BCUT2D eigenvalue weighted by Crippen LogP contribution is -2.49. The summed E-state index contributed by atoms with van der Waals surface area (Å²) in [5, 5.41) is 33.7. The number of likely N-dealkylation sites (N-methyl/N-ethyl adjacent to an activating group) is 2. The minimum atomic E-state index is -0.430. The molecule has 0 aliphatic carbocycles. The number of nitrogens with one attached hydrogen (secondary N) is 7. The molecule has 8 heterocycles. The molecule has 23 nitrogen and oxygen atoms in total. The first-order chi connectivity index (χ1) is 54.9. The van der Waals surface area contributed by atoms with Gasteiger partial charge in [0.05, 0.1) is 34.5 Å². The number of halogens is 2. The van der Waals surface area contributed by atoms with Gasteiger partial charge < -0.3 is 56.5 Å². The smallest absolute Gasteiger partial charge is 0.251 e. The lowest BCUT2D eigenvalue weighted by Gasteiger charge is -2.37. The van der Waals surface area contributed by atoms with Gasteiger partial charge in [0.15, 0.2) is 11.3 Å². The minimum absolute atomic E-state index is 0.142. The van der Waals surface area contributed by atoms with Crippen LogP contribution in [0, 0.1) is 11.6 Å². The summed E-state index contributed by atoms with van der Waals surface area (Å²) in [4.78, 5) is 81.9. The highest BCUT2D eigenvalue weighted by molar-refractivity contribution is 6.01. The van der Waals surface area contributed by atoms with Crippen LogP contribution in [-0.4, -0.2) is 178 Å². The Hall–Kier alpha value is -10.7. The lowest BCUT2D eigenvalue weighted by molar-refractivity contribution is 0.0903. The van der Waals surface area contributed by atoms with E-state index in [1.807, 2.05) is 54.7 Å². The Kier molecular flexibility index (Phi) is 28.4. The highest BCUT2D eigenvalue weighted by Crippen LogP contribution is 2.35. The number of benzene rings is 6. The van der Waals surface area contributed by atoms with E-state index in [1.165, 1.54) is 18.7 Å². The molecule has 4 fully saturated rings. The fraction of sp³-hybridized carbons (Fsp3) is 0.398. The number of pyridine rings is 2. The molecule has 6 aromatic carbocycles. The van der Waals surface area contributed by atoms with Crippen molar-refractivity contribution in [3.8, 4) is 22.3 Å². The molecule has 2 unspecified atom stereocenters. The summed E-state index contributed by atoms with van der Waals surface area (Å²) in [6, 6.07) is 39.2. The van der Waals surface area contributed by atoms with Crippen LogP contribution < -0.4 is 37.2 Å². The van der Waals surface area contributed by atoms with Crippen molar-refractivity contribution in [2.75, 3.05) is 90.4 Å². The summed E-state index contributed by atoms with van der Waals surface area (Å²) < 4.78 is 44.8. The molecular formula is C88H106F2N16O7. The third kappa shape index (κ3) is 20.8. The molecule has 4 aromatic heterocycles. The Labute approximate surface area is 660 Å². The SMILES string of the molecule is CC1CNCCN1C.CCc1nc2c(cnn2CC)c(NC2CCOCC2)c1CNC(=O)c1cccc(C(=O)NCc2ccc(F)c(-c3cccc(C=O)c3)c2)c1.CCc1nc2c(cnn2CC)c(NC2CCOCC2)c1CNC(=O)c1cccc(C(=O)NCc2ccc(F)c(-c3cccc(CN4CCN(C)C(C)C4)c3)c2)c1. The summed E-state index contributed by atoms with van der Waals surface area (Å²) in [5.41, 5.74) is 13.8. The molecule has 2 atom stereocenters. The second kappa shape index (κ2) is 39.2. The van der Waals surface area contributed by atoms with Crippen LogP contribution in [0.25, 0.3) is 44.3 Å². The molecule has 4 saturated heterocycles. The largest absolute Gasteiger partial charge is 0.381 e. The van der Waals surface area contributed by atoms with Crippen LogP contribution in [0.15, 0.2) is 146 Å². The molecule has 14 rings (SSSR count). The lowest BCUT2D eigenvalue weighted by atomic mass is 10.00. The number of carbonyl (C=O) groups excluding carboxylic acids is 5. The van der Waals surface area contributed by atoms with Crippen LogP contribution in [0.2, 0.25) is 0 Å². The second-order valence-corrected chi connectivity index (χ2v) is 29.6. The van der Waals surface area contributed by atoms with Crippen molar-refractivity contribution in [1.29, 1.82) is 0 Å². The van der Waals surface area contributed by atoms with E-state index >= 15 is 4.39 Å². The van der Waals surface area contributed by atoms with Gasteiger partial charge >= 0.3 is 0 Å². The molecular weight excluding hydrogens is 1430 g/mol. The maximum Gasteiger partial charge on any atom is 0.251 e. The number of hydrogen-bond donors (Lipinski definition) is 7. The summed E-state index contributed by atoms with van der Waals surface area (Å²) in [6.07, 6.45) is 9.30. The topological polar surface area (TPSA) is 259 Å². The number of fused-ring (bicyclic) bond motifs is 2. The third-order valence-corrected chi connectivity index (χ3v) is 21.8. The Balaban J connectivity index is 0.000000191. The molecule has 10 aromatic rings. The zero-order valence-electron chi connectivity index (χ0n) is 66.1. The van der Waals surface area contributed by atoms with Gasteiger partial charge in [0, 0.05) is 197 Å².